The Labute approximate surface area is 94.6 Å². The van der Waals surface area contributed by atoms with E-state index in [9.17, 15) is 0 Å². The Balaban J connectivity index is 2.09. The van der Waals surface area contributed by atoms with Crippen molar-refractivity contribution >= 4 is 10.9 Å². The minimum Gasteiger partial charge on any atom is -0.497 e. The molecule has 84 valence electrons. The summed E-state index contributed by atoms with van der Waals surface area (Å²) in [7, 11) is 1.69. The Morgan fingerprint density at radius 1 is 1.44 bits per heavy atom. The molecule has 1 aromatic carbocycles. The lowest BCUT2D eigenvalue weighted by Gasteiger charge is -2.09. The van der Waals surface area contributed by atoms with Crippen molar-refractivity contribution in [2.45, 2.75) is 18.9 Å². The van der Waals surface area contributed by atoms with E-state index in [0.29, 0.717) is 5.92 Å². The molecule has 1 aromatic heterocycles. The first-order valence-electron chi connectivity index (χ1n) is 5.70. The lowest BCUT2D eigenvalue weighted by molar-refractivity contribution is 0.415. The molecule has 0 aliphatic heterocycles. The molecule has 0 bridgehead atoms. The average Bonchev–Trinajstić information content (AvgIpc) is 3.08. The van der Waals surface area contributed by atoms with Gasteiger partial charge in [-0.3, -0.25) is 0 Å². The van der Waals surface area contributed by atoms with Crippen LogP contribution in [0.4, 0.5) is 0 Å². The maximum Gasteiger partial charge on any atom is 0.119 e. The SMILES string of the molecule is COc1ccc2[nH]cc([C@@H](N)C3CC3)c2c1. The van der Waals surface area contributed by atoms with Crippen molar-refractivity contribution in [3.63, 3.8) is 0 Å². The Morgan fingerprint density at radius 2 is 2.25 bits per heavy atom. The number of H-pyrrole nitrogens is 1. The van der Waals surface area contributed by atoms with Crippen LogP contribution >= 0.6 is 0 Å². The number of aromatic amines is 1. The second kappa shape index (κ2) is 3.52. The van der Waals surface area contributed by atoms with Gasteiger partial charge >= 0.3 is 0 Å². The molecule has 1 heterocycles. The van der Waals surface area contributed by atoms with E-state index in [0.717, 1.165) is 11.3 Å². The highest BCUT2D eigenvalue weighted by molar-refractivity contribution is 5.85. The fraction of sp³-hybridized carbons (Fsp3) is 0.385. The molecule has 1 aliphatic carbocycles. The molecule has 3 rings (SSSR count). The van der Waals surface area contributed by atoms with Crippen LogP contribution in [-0.4, -0.2) is 12.1 Å². The molecular formula is C13H16N2O. The highest BCUT2D eigenvalue weighted by atomic mass is 16.5. The highest BCUT2D eigenvalue weighted by Crippen LogP contribution is 2.41. The summed E-state index contributed by atoms with van der Waals surface area (Å²) in [5.74, 6) is 1.56. The minimum atomic E-state index is 0.167. The largest absolute Gasteiger partial charge is 0.497 e. The summed E-state index contributed by atoms with van der Waals surface area (Å²) in [4.78, 5) is 3.27. The molecule has 0 radical (unpaired) electrons. The van der Waals surface area contributed by atoms with E-state index in [2.05, 4.69) is 11.1 Å². The average molecular weight is 216 g/mol. The third-order valence-electron chi connectivity index (χ3n) is 3.41. The number of nitrogens with two attached hydrogens (primary N) is 1. The third-order valence-corrected chi connectivity index (χ3v) is 3.41. The number of fused-ring (bicyclic) bond motifs is 1. The number of hydrogen-bond donors (Lipinski definition) is 2. The summed E-state index contributed by atoms with van der Waals surface area (Å²) < 4.78 is 5.25. The number of nitrogens with one attached hydrogen (secondary N) is 1. The van der Waals surface area contributed by atoms with E-state index in [1.54, 1.807) is 7.11 Å². The fourth-order valence-electron chi connectivity index (χ4n) is 2.23. The zero-order valence-corrected chi connectivity index (χ0v) is 9.36. The van der Waals surface area contributed by atoms with Crippen LogP contribution in [0.15, 0.2) is 24.4 Å². The van der Waals surface area contributed by atoms with Crippen LogP contribution in [0.5, 0.6) is 5.75 Å². The topological polar surface area (TPSA) is 51.0 Å². The first-order chi connectivity index (χ1) is 7.79. The first kappa shape index (κ1) is 9.73. The molecule has 16 heavy (non-hydrogen) atoms. The van der Waals surface area contributed by atoms with E-state index in [1.165, 1.54) is 23.8 Å². The van der Waals surface area contributed by atoms with Gasteiger partial charge in [0.25, 0.3) is 0 Å². The van der Waals surface area contributed by atoms with Gasteiger partial charge in [-0.1, -0.05) is 0 Å². The maximum atomic E-state index is 6.24. The molecule has 0 spiro atoms. The Bertz CT molecular complexity index is 514. The van der Waals surface area contributed by atoms with Gasteiger partial charge in [0.05, 0.1) is 7.11 Å². The van der Waals surface area contributed by atoms with E-state index in [-0.39, 0.29) is 6.04 Å². The standard InChI is InChI=1S/C13H16N2O/c1-16-9-4-5-12-10(6-9)11(7-15-12)13(14)8-2-3-8/h4-8,13,15H,2-3,14H2,1H3/t13-/m0/s1. The summed E-state index contributed by atoms with van der Waals surface area (Å²) in [6.45, 7) is 0. The highest BCUT2D eigenvalue weighted by Gasteiger charge is 2.30. The molecular weight excluding hydrogens is 200 g/mol. The van der Waals surface area contributed by atoms with Gasteiger partial charge in [0, 0.05) is 23.1 Å². The molecule has 3 N–H and O–H groups in total. The van der Waals surface area contributed by atoms with Gasteiger partial charge < -0.3 is 15.5 Å². The first-order valence-corrected chi connectivity index (χ1v) is 5.70. The summed E-state index contributed by atoms with van der Waals surface area (Å²) in [5.41, 5.74) is 8.59. The van der Waals surface area contributed by atoms with Crippen LogP contribution in [0, 0.1) is 5.92 Å². The van der Waals surface area contributed by atoms with Gasteiger partial charge in [-0.25, -0.2) is 0 Å². The zero-order valence-electron chi connectivity index (χ0n) is 9.36. The van der Waals surface area contributed by atoms with Gasteiger partial charge in [-0.15, -0.1) is 0 Å². The zero-order chi connectivity index (χ0) is 11.1. The van der Waals surface area contributed by atoms with Crippen molar-refractivity contribution < 1.29 is 4.74 Å². The second-order valence-corrected chi connectivity index (χ2v) is 4.52. The number of methoxy groups -OCH3 is 1. The van der Waals surface area contributed by atoms with Crippen molar-refractivity contribution in [2.24, 2.45) is 11.7 Å². The molecule has 1 fully saturated rings. The summed E-state index contributed by atoms with van der Waals surface area (Å²) in [5, 5.41) is 1.19. The summed E-state index contributed by atoms with van der Waals surface area (Å²) in [6.07, 6.45) is 4.56. The summed E-state index contributed by atoms with van der Waals surface area (Å²) in [6, 6.07) is 6.23. The number of aromatic nitrogens is 1. The van der Waals surface area contributed by atoms with Crippen molar-refractivity contribution in [1.82, 2.24) is 4.98 Å². The van der Waals surface area contributed by atoms with Crippen molar-refractivity contribution in [3.8, 4) is 5.75 Å². The van der Waals surface area contributed by atoms with Gasteiger partial charge in [-0.2, -0.15) is 0 Å². The van der Waals surface area contributed by atoms with Crippen LogP contribution in [0.3, 0.4) is 0 Å². The third kappa shape index (κ3) is 1.48. The molecule has 3 heteroatoms. The van der Waals surface area contributed by atoms with Crippen molar-refractivity contribution in [3.05, 3.63) is 30.0 Å². The predicted molar refractivity (Wildman–Crippen MR) is 64.5 cm³/mol. The fourth-order valence-corrected chi connectivity index (χ4v) is 2.23. The number of hydrogen-bond acceptors (Lipinski definition) is 2. The number of rotatable bonds is 3. The van der Waals surface area contributed by atoms with Crippen LogP contribution < -0.4 is 10.5 Å². The van der Waals surface area contributed by atoms with Crippen LogP contribution in [-0.2, 0) is 0 Å². The van der Waals surface area contributed by atoms with E-state index < -0.39 is 0 Å². The minimum absolute atomic E-state index is 0.167. The molecule has 3 nitrogen and oxygen atoms in total. The molecule has 0 unspecified atom stereocenters. The number of benzene rings is 1. The monoisotopic (exact) mass is 216 g/mol. The van der Waals surface area contributed by atoms with E-state index in [1.807, 2.05) is 18.3 Å². The Hall–Kier alpha value is -1.48. The van der Waals surface area contributed by atoms with Crippen molar-refractivity contribution in [1.29, 1.82) is 0 Å². The lowest BCUT2D eigenvalue weighted by Crippen LogP contribution is -2.11. The molecule has 0 amide bonds. The quantitative estimate of drug-likeness (QED) is 0.828. The molecule has 0 saturated heterocycles. The van der Waals surface area contributed by atoms with Crippen LogP contribution in [0.25, 0.3) is 10.9 Å². The van der Waals surface area contributed by atoms with Gasteiger partial charge in [0.1, 0.15) is 5.75 Å². The van der Waals surface area contributed by atoms with Gasteiger partial charge in [0.15, 0.2) is 0 Å². The van der Waals surface area contributed by atoms with Crippen molar-refractivity contribution in [2.75, 3.05) is 7.11 Å². The van der Waals surface area contributed by atoms with Crippen LogP contribution in [0.1, 0.15) is 24.4 Å². The number of ether oxygens (including phenoxy) is 1. The molecule has 1 aliphatic rings. The molecule has 1 atom stereocenters. The molecule has 2 aromatic rings. The molecule has 1 saturated carbocycles. The second-order valence-electron chi connectivity index (χ2n) is 4.52. The van der Waals surface area contributed by atoms with E-state index in [4.69, 9.17) is 10.5 Å². The predicted octanol–water partition coefficient (Wildman–Crippen LogP) is 2.59. The smallest absolute Gasteiger partial charge is 0.119 e. The maximum absolute atomic E-state index is 6.24. The normalized spacial score (nSPS) is 17.6. The van der Waals surface area contributed by atoms with Gasteiger partial charge in [0.2, 0.25) is 0 Å². The van der Waals surface area contributed by atoms with Crippen LogP contribution in [0.2, 0.25) is 0 Å². The Morgan fingerprint density at radius 3 is 2.94 bits per heavy atom. The lowest BCUT2D eigenvalue weighted by atomic mass is 10.0. The Kier molecular flexibility index (Phi) is 2.14. The summed E-state index contributed by atoms with van der Waals surface area (Å²) >= 11 is 0. The van der Waals surface area contributed by atoms with E-state index >= 15 is 0 Å². The van der Waals surface area contributed by atoms with Gasteiger partial charge in [-0.05, 0) is 42.5 Å².